The summed E-state index contributed by atoms with van der Waals surface area (Å²) in [5.41, 5.74) is 8.30. The van der Waals surface area contributed by atoms with Crippen LogP contribution in [0.3, 0.4) is 0 Å². The van der Waals surface area contributed by atoms with Crippen LogP contribution in [0.2, 0.25) is 0 Å². The third-order valence-electron chi connectivity index (χ3n) is 2.88. The van der Waals surface area contributed by atoms with Crippen molar-refractivity contribution in [3.05, 3.63) is 59.4 Å². The second-order valence-electron chi connectivity index (χ2n) is 4.53. The van der Waals surface area contributed by atoms with Gasteiger partial charge in [0.2, 0.25) is 0 Å². The average Bonchev–Trinajstić information content (AvgIpc) is 2.53. The van der Waals surface area contributed by atoms with Crippen molar-refractivity contribution in [2.75, 3.05) is 7.11 Å². The number of amides is 2. The number of hydrogen-bond acceptors (Lipinski definition) is 4. The predicted octanol–water partition coefficient (Wildman–Crippen LogP) is 2.42. The summed E-state index contributed by atoms with van der Waals surface area (Å²) in [6, 6.07) is 10.5. The van der Waals surface area contributed by atoms with E-state index >= 15 is 0 Å². The molecule has 2 rings (SSSR count). The molecule has 2 amide bonds. The monoisotopic (exact) mass is 317 g/mol. The third kappa shape index (κ3) is 4.70. The Kier molecular flexibility index (Phi) is 5.51. The highest BCUT2D eigenvalue weighted by Gasteiger charge is 2.10. The van der Waals surface area contributed by atoms with Crippen molar-refractivity contribution >= 4 is 12.2 Å². The molecule has 0 bridgehead atoms. The molecule has 2 aromatic carbocycles. The van der Waals surface area contributed by atoms with Gasteiger partial charge in [-0.3, -0.25) is 0 Å². The molecule has 23 heavy (non-hydrogen) atoms. The number of ether oxygens (including phenoxy) is 2. The van der Waals surface area contributed by atoms with E-state index in [-0.39, 0.29) is 12.4 Å². The first-order chi connectivity index (χ1) is 11.1. The van der Waals surface area contributed by atoms with Crippen molar-refractivity contribution in [2.24, 2.45) is 10.8 Å². The maximum Gasteiger partial charge on any atom is 0.332 e. The molecule has 0 fully saturated rings. The Hall–Kier alpha value is -3.09. The molecule has 0 saturated carbocycles. The number of carbonyl (C=O) groups is 1. The zero-order valence-corrected chi connectivity index (χ0v) is 12.5. The minimum atomic E-state index is -0.772. The van der Waals surface area contributed by atoms with Crippen LogP contribution in [0.4, 0.5) is 9.18 Å². The molecule has 0 atom stereocenters. The highest BCUT2D eigenvalue weighted by Crippen LogP contribution is 2.30. The Morgan fingerprint density at radius 1 is 1.35 bits per heavy atom. The van der Waals surface area contributed by atoms with Gasteiger partial charge in [-0.15, -0.1) is 0 Å². The highest BCUT2D eigenvalue weighted by atomic mass is 19.1. The van der Waals surface area contributed by atoms with Gasteiger partial charge in [0.25, 0.3) is 0 Å². The number of hydrogen-bond donors (Lipinski definition) is 2. The minimum absolute atomic E-state index is 0.155. The standard InChI is InChI=1S/C16H16FN3O3/c1-22-14-7-3-5-12(9-19-20-16(18)21)15(14)23-10-11-4-2-6-13(17)8-11/h2-9H,10H2,1H3,(H3,18,20,21). The lowest BCUT2D eigenvalue weighted by atomic mass is 10.2. The SMILES string of the molecule is COc1cccc(C=NNC(N)=O)c1OCc1cccc(F)c1. The summed E-state index contributed by atoms with van der Waals surface area (Å²) in [5.74, 6) is 0.581. The quantitative estimate of drug-likeness (QED) is 0.633. The van der Waals surface area contributed by atoms with Crippen molar-refractivity contribution in [2.45, 2.75) is 6.61 Å². The Morgan fingerprint density at radius 3 is 2.83 bits per heavy atom. The van der Waals surface area contributed by atoms with E-state index in [4.69, 9.17) is 15.2 Å². The fourth-order valence-corrected chi connectivity index (χ4v) is 1.90. The smallest absolute Gasteiger partial charge is 0.332 e. The van der Waals surface area contributed by atoms with E-state index in [9.17, 15) is 9.18 Å². The lowest BCUT2D eigenvalue weighted by molar-refractivity contribution is 0.249. The number of halogens is 1. The number of carbonyl (C=O) groups excluding carboxylic acids is 1. The van der Waals surface area contributed by atoms with Crippen molar-refractivity contribution in [3.63, 3.8) is 0 Å². The summed E-state index contributed by atoms with van der Waals surface area (Å²) in [6.45, 7) is 0.155. The van der Waals surface area contributed by atoms with E-state index in [1.54, 1.807) is 30.3 Å². The lowest BCUT2D eigenvalue weighted by Gasteiger charge is -2.13. The van der Waals surface area contributed by atoms with Gasteiger partial charge in [-0.1, -0.05) is 18.2 Å². The molecule has 0 unspecified atom stereocenters. The summed E-state index contributed by atoms with van der Waals surface area (Å²) in [5, 5.41) is 3.70. The third-order valence-corrected chi connectivity index (χ3v) is 2.88. The molecule has 7 heteroatoms. The largest absolute Gasteiger partial charge is 0.493 e. The first-order valence-electron chi connectivity index (χ1n) is 6.73. The van der Waals surface area contributed by atoms with Crippen molar-refractivity contribution in [3.8, 4) is 11.5 Å². The molecule has 3 N–H and O–H groups in total. The van der Waals surface area contributed by atoms with Crippen LogP contribution in [0.5, 0.6) is 11.5 Å². The van der Waals surface area contributed by atoms with Crippen LogP contribution in [-0.2, 0) is 6.61 Å². The number of methoxy groups -OCH3 is 1. The number of benzene rings is 2. The fraction of sp³-hybridized carbons (Fsp3) is 0.125. The normalized spacial score (nSPS) is 10.5. The van der Waals surface area contributed by atoms with E-state index in [1.165, 1.54) is 25.5 Å². The van der Waals surface area contributed by atoms with Crippen molar-refractivity contribution in [1.82, 2.24) is 5.43 Å². The number of urea groups is 1. The molecule has 0 radical (unpaired) electrons. The second-order valence-corrected chi connectivity index (χ2v) is 4.53. The number of hydrazone groups is 1. The first kappa shape index (κ1) is 16.3. The van der Waals surface area contributed by atoms with Crippen molar-refractivity contribution in [1.29, 1.82) is 0 Å². The van der Waals surface area contributed by atoms with Crippen LogP contribution in [-0.4, -0.2) is 19.4 Å². The van der Waals surface area contributed by atoms with E-state index in [1.807, 2.05) is 0 Å². The Morgan fingerprint density at radius 2 is 2.13 bits per heavy atom. The van der Waals surface area contributed by atoms with Gasteiger partial charge in [0, 0.05) is 5.56 Å². The zero-order chi connectivity index (χ0) is 16.7. The van der Waals surface area contributed by atoms with E-state index in [2.05, 4.69) is 10.5 Å². The number of nitrogens with one attached hydrogen (secondary N) is 1. The zero-order valence-electron chi connectivity index (χ0n) is 12.5. The molecule has 0 aliphatic rings. The molecular formula is C16H16FN3O3. The summed E-state index contributed by atoms with van der Waals surface area (Å²) in [7, 11) is 1.51. The summed E-state index contributed by atoms with van der Waals surface area (Å²) < 4.78 is 24.2. The maximum atomic E-state index is 13.2. The molecule has 0 spiro atoms. The van der Waals surface area contributed by atoms with E-state index in [0.717, 1.165) is 0 Å². The van der Waals surface area contributed by atoms with Crippen LogP contribution >= 0.6 is 0 Å². The number of nitrogens with two attached hydrogens (primary N) is 1. The van der Waals surface area contributed by atoms with Crippen molar-refractivity contribution < 1.29 is 18.7 Å². The van der Waals surface area contributed by atoms with Crippen LogP contribution in [0.15, 0.2) is 47.6 Å². The minimum Gasteiger partial charge on any atom is -0.493 e. The van der Waals surface area contributed by atoms with Gasteiger partial charge in [0.1, 0.15) is 12.4 Å². The molecule has 0 aliphatic heterocycles. The summed E-state index contributed by atoms with van der Waals surface area (Å²) in [4.78, 5) is 10.6. The number of primary amides is 1. The average molecular weight is 317 g/mol. The van der Waals surface area contributed by atoms with Gasteiger partial charge in [0.05, 0.1) is 13.3 Å². The molecule has 0 saturated heterocycles. The van der Waals surface area contributed by atoms with E-state index < -0.39 is 6.03 Å². The molecule has 0 aromatic heterocycles. The Labute approximate surface area is 132 Å². The molecule has 6 nitrogen and oxygen atoms in total. The van der Waals surface area contributed by atoms with Gasteiger partial charge < -0.3 is 15.2 Å². The summed E-state index contributed by atoms with van der Waals surface area (Å²) in [6.07, 6.45) is 1.38. The molecule has 2 aromatic rings. The fourth-order valence-electron chi connectivity index (χ4n) is 1.90. The second kappa shape index (κ2) is 7.79. The molecular weight excluding hydrogens is 301 g/mol. The Bertz CT molecular complexity index is 719. The topological polar surface area (TPSA) is 85.9 Å². The number of rotatable bonds is 6. The van der Waals surface area contributed by atoms with Crippen LogP contribution < -0.4 is 20.6 Å². The van der Waals surface area contributed by atoms with Gasteiger partial charge in [-0.2, -0.15) is 5.10 Å². The Balaban J connectivity index is 2.21. The highest BCUT2D eigenvalue weighted by molar-refractivity contribution is 5.86. The van der Waals surface area contributed by atoms with E-state index in [0.29, 0.717) is 22.6 Å². The van der Waals surface area contributed by atoms with Gasteiger partial charge in [-0.25, -0.2) is 14.6 Å². The predicted molar refractivity (Wildman–Crippen MR) is 84.0 cm³/mol. The number of nitrogens with zero attached hydrogens (tertiary/aromatic N) is 1. The van der Waals surface area contributed by atoms with Gasteiger partial charge >= 0.3 is 6.03 Å². The van der Waals surface area contributed by atoms with Crippen LogP contribution in [0.1, 0.15) is 11.1 Å². The lowest BCUT2D eigenvalue weighted by Crippen LogP contribution is -2.24. The first-order valence-corrected chi connectivity index (χ1v) is 6.73. The summed E-state index contributed by atoms with van der Waals surface area (Å²) >= 11 is 0. The van der Waals surface area contributed by atoms with Crippen LogP contribution in [0, 0.1) is 5.82 Å². The van der Waals surface area contributed by atoms with Gasteiger partial charge in [-0.05, 0) is 29.8 Å². The van der Waals surface area contributed by atoms with Gasteiger partial charge in [0.15, 0.2) is 11.5 Å². The molecule has 0 heterocycles. The molecule has 120 valence electrons. The maximum absolute atomic E-state index is 13.2. The molecule has 0 aliphatic carbocycles. The number of para-hydroxylation sites is 1. The van der Waals surface area contributed by atoms with Crippen LogP contribution in [0.25, 0.3) is 0 Å².